The third kappa shape index (κ3) is 3.88. The van der Waals surface area contributed by atoms with Gasteiger partial charge in [0, 0.05) is 12.1 Å². The van der Waals surface area contributed by atoms with E-state index in [1.54, 1.807) is 18.9 Å². The van der Waals surface area contributed by atoms with Gasteiger partial charge in [0.25, 0.3) is 5.91 Å². The maximum Gasteiger partial charge on any atom is 0.254 e. The predicted octanol–water partition coefficient (Wildman–Crippen LogP) is 5.14. The van der Waals surface area contributed by atoms with Gasteiger partial charge in [-0.25, -0.2) is 4.68 Å². The lowest BCUT2D eigenvalue weighted by Crippen LogP contribution is -2.30. The molecule has 1 aromatic heterocycles. The zero-order valence-corrected chi connectivity index (χ0v) is 18.9. The molecule has 2 heterocycles. The molecule has 1 atom stereocenters. The van der Waals surface area contributed by atoms with Gasteiger partial charge in [-0.2, -0.15) is 5.10 Å². The summed E-state index contributed by atoms with van der Waals surface area (Å²) in [5, 5.41) is 5.14. The van der Waals surface area contributed by atoms with Crippen molar-refractivity contribution in [3.05, 3.63) is 70.0 Å². The van der Waals surface area contributed by atoms with Gasteiger partial charge in [0.05, 0.1) is 42.4 Å². The summed E-state index contributed by atoms with van der Waals surface area (Å²) in [6.45, 7) is 4.54. The third-order valence-corrected chi connectivity index (χ3v) is 6.41. The van der Waals surface area contributed by atoms with Crippen LogP contribution in [0.1, 0.15) is 46.2 Å². The van der Waals surface area contributed by atoms with E-state index < -0.39 is 0 Å². The van der Waals surface area contributed by atoms with Gasteiger partial charge in [0.1, 0.15) is 0 Å². The van der Waals surface area contributed by atoms with Crippen molar-refractivity contribution >= 4 is 17.5 Å². The minimum absolute atomic E-state index is 0.0156. The minimum Gasteiger partial charge on any atom is -0.493 e. The number of rotatable bonds is 5. The summed E-state index contributed by atoms with van der Waals surface area (Å²) < 4.78 is 12.6. The lowest BCUT2D eigenvalue weighted by molar-refractivity contribution is 0.0735. The lowest BCUT2D eigenvalue weighted by atomic mass is 10.0. The summed E-state index contributed by atoms with van der Waals surface area (Å²) in [4.78, 5) is 15.2. The highest BCUT2D eigenvalue weighted by atomic mass is 35.5. The van der Waals surface area contributed by atoms with E-state index >= 15 is 0 Å². The third-order valence-electron chi connectivity index (χ3n) is 5.87. The van der Waals surface area contributed by atoms with Gasteiger partial charge in [-0.05, 0) is 68.7 Å². The Kier molecular flexibility index (Phi) is 5.92. The smallest absolute Gasteiger partial charge is 0.254 e. The Bertz CT molecular complexity index is 1110. The second-order valence-corrected chi connectivity index (χ2v) is 8.09. The number of benzene rings is 2. The number of likely N-dealkylation sites (tertiary alicyclic amines) is 1. The number of ether oxygens (including phenoxy) is 2. The zero-order valence-electron chi connectivity index (χ0n) is 18.2. The highest BCUT2D eigenvalue weighted by molar-refractivity contribution is 6.31. The highest BCUT2D eigenvalue weighted by Crippen LogP contribution is 2.37. The number of halogens is 1. The average Bonchev–Trinajstić information content (AvgIpc) is 3.39. The van der Waals surface area contributed by atoms with Crippen molar-refractivity contribution < 1.29 is 14.3 Å². The molecule has 0 saturated carbocycles. The molecule has 0 radical (unpaired) electrons. The van der Waals surface area contributed by atoms with Gasteiger partial charge in [-0.3, -0.25) is 4.79 Å². The van der Waals surface area contributed by atoms with Gasteiger partial charge in [0.15, 0.2) is 11.5 Å². The quantitative estimate of drug-likeness (QED) is 0.552. The van der Waals surface area contributed by atoms with Crippen molar-refractivity contribution in [2.45, 2.75) is 32.7 Å². The van der Waals surface area contributed by atoms with Crippen molar-refractivity contribution in [1.82, 2.24) is 14.7 Å². The Hall–Kier alpha value is -2.99. The van der Waals surface area contributed by atoms with E-state index in [2.05, 4.69) is 5.10 Å². The van der Waals surface area contributed by atoms with E-state index in [1.165, 1.54) is 0 Å². The SMILES string of the molecule is COc1ccc(C2CCCN2C(=O)c2ccc(-n3nc(C)c(Cl)c3C)cc2)cc1OC. The predicted molar refractivity (Wildman–Crippen MR) is 121 cm³/mol. The zero-order chi connectivity index (χ0) is 22.1. The van der Waals surface area contributed by atoms with Crippen LogP contribution in [0.4, 0.5) is 0 Å². The van der Waals surface area contributed by atoms with Gasteiger partial charge >= 0.3 is 0 Å². The maximum atomic E-state index is 13.3. The molecule has 6 nitrogen and oxygen atoms in total. The van der Waals surface area contributed by atoms with Crippen LogP contribution in [-0.4, -0.2) is 41.4 Å². The van der Waals surface area contributed by atoms with E-state index in [-0.39, 0.29) is 11.9 Å². The Labute approximate surface area is 187 Å². The second kappa shape index (κ2) is 8.63. The topological polar surface area (TPSA) is 56.6 Å². The molecule has 0 aliphatic carbocycles. The summed E-state index contributed by atoms with van der Waals surface area (Å²) in [6.07, 6.45) is 1.89. The summed E-state index contributed by atoms with van der Waals surface area (Å²) in [6, 6.07) is 13.4. The van der Waals surface area contributed by atoms with Crippen molar-refractivity contribution in [1.29, 1.82) is 0 Å². The number of carbonyl (C=O) groups is 1. The van der Waals surface area contributed by atoms with Crippen LogP contribution >= 0.6 is 11.6 Å². The molecule has 31 heavy (non-hydrogen) atoms. The standard InChI is InChI=1S/C24H26ClN3O3/c1-15-23(25)16(2)28(26-15)19-10-7-17(8-11-19)24(29)27-13-5-6-20(27)18-9-12-21(30-3)22(14-18)31-4/h7-12,14,20H,5-6,13H2,1-4H3. The van der Waals surface area contributed by atoms with E-state index in [9.17, 15) is 4.79 Å². The first kappa shape index (κ1) is 21.2. The Morgan fingerprint density at radius 1 is 1.06 bits per heavy atom. The molecule has 1 aliphatic heterocycles. The molecule has 0 N–H and O–H groups in total. The van der Waals surface area contributed by atoms with Crippen LogP contribution in [0.2, 0.25) is 5.02 Å². The van der Waals surface area contributed by atoms with Crippen LogP contribution in [-0.2, 0) is 0 Å². The fourth-order valence-electron chi connectivity index (χ4n) is 4.20. The Morgan fingerprint density at radius 2 is 1.77 bits per heavy atom. The summed E-state index contributed by atoms with van der Waals surface area (Å²) >= 11 is 6.27. The lowest BCUT2D eigenvalue weighted by Gasteiger charge is -2.26. The average molecular weight is 440 g/mol. The molecule has 162 valence electrons. The fraction of sp³-hybridized carbons (Fsp3) is 0.333. The van der Waals surface area contributed by atoms with Gasteiger partial charge in [0.2, 0.25) is 0 Å². The van der Waals surface area contributed by atoms with Crippen LogP contribution in [0.25, 0.3) is 5.69 Å². The molecule has 1 fully saturated rings. The van der Waals surface area contributed by atoms with Gasteiger partial charge in [-0.15, -0.1) is 0 Å². The summed E-state index contributed by atoms with van der Waals surface area (Å²) in [7, 11) is 3.24. The number of carbonyl (C=O) groups excluding carboxylic acids is 1. The monoisotopic (exact) mass is 439 g/mol. The van der Waals surface area contributed by atoms with Crippen molar-refractivity contribution in [2.75, 3.05) is 20.8 Å². The van der Waals surface area contributed by atoms with Crippen LogP contribution < -0.4 is 9.47 Å². The first-order valence-electron chi connectivity index (χ1n) is 10.3. The molecule has 1 saturated heterocycles. The summed E-state index contributed by atoms with van der Waals surface area (Å²) in [5.41, 5.74) is 4.25. The van der Waals surface area contributed by atoms with Crippen LogP contribution in [0, 0.1) is 13.8 Å². The van der Waals surface area contributed by atoms with E-state index in [4.69, 9.17) is 21.1 Å². The van der Waals surface area contributed by atoms with Gasteiger partial charge < -0.3 is 14.4 Å². The Morgan fingerprint density at radius 3 is 2.39 bits per heavy atom. The molecule has 0 bridgehead atoms. The number of aromatic nitrogens is 2. The first-order valence-corrected chi connectivity index (χ1v) is 10.7. The van der Waals surface area contributed by atoms with E-state index in [1.807, 2.05) is 61.2 Å². The molecule has 3 aromatic rings. The second-order valence-electron chi connectivity index (χ2n) is 7.71. The maximum absolute atomic E-state index is 13.3. The van der Waals surface area contributed by atoms with Gasteiger partial charge in [-0.1, -0.05) is 17.7 Å². The molecule has 2 aromatic carbocycles. The van der Waals surface area contributed by atoms with Crippen molar-refractivity contribution in [2.24, 2.45) is 0 Å². The number of aryl methyl sites for hydroxylation is 1. The largest absolute Gasteiger partial charge is 0.493 e. The normalized spacial score (nSPS) is 15.9. The van der Waals surface area contributed by atoms with Crippen LogP contribution in [0.5, 0.6) is 11.5 Å². The molecule has 1 amide bonds. The molecule has 1 aliphatic rings. The fourth-order valence-corrected chi connectivity index (χ4v) is 4.32. The molecule has 1 unspecified atom stereocenters. The number of hydrogen-bond acceptors (Lipinski definition) is 4. The first-order chi connectivity index (χ1) is 14.9. The van der Waals surface area contributed by atoms with Crippen LogP contribution in [0.15, 0.2) is 42.5 Å². The molecule has 4 rings (SSSR count). The molecule has 0 spiro atoms. The summed E-state index contributed by atoms with van der Waals surface area (Å²) in [5.74, 6) is 1.38. The van der Waals surface area contributed by atoms with Crippen LogP contribution in [0.3, 0.4) is 0 Å². The van der Waals surface area contributed by atoms with E-state index in [0.29, 0.717) is 22.1 Å². The van der Waals surface area contributed by atoms with Crippen molar-refractivity contribution in [3.8, 4) is 17.2 Å². The molecule has 7 heteroatoms. The molecular weight excluding hydrogens is 414 g/mol. The number of hydrogen-bond donors (Lipinski definition) is 0. The molecular formula is C24H26ClN3O3. The van der Waals surface area contributed by atoms with Crippen molar-refractivity contribution in [3.63, 3.8) is 0 Å². The number of methoxy groups -OCH3 is 2. The highest BCUT2D eigenvalue weighted by Gasteiger charge is 2.31. The number of amides is 1. The minimum atomic E-state index is 0.0156. The van der Waals surface area contributed by atoms with E-state index in [0.717, 1.165) is 42.0 Å². The Balaban J connectivity index is 1.58. The number of nitrogens with zero attached hydrogens (tertiary/aromatic N) is 3.